The van der Waals surface area contributed by atoms with Gasteiger partial charge in [-0.05, 0) is 55.9 Å². The van der Waals surface area contributed by atoms with Crippen LogP contribution in [0.3, 0.4) is 0 Å². The normalized spacial score (nSPS) is 19.8. The Hall–Kier alpha value is -3.22. The molecule has 5 rings (SSSR count). The molecule has 0 spiro atoms. The zero-order valence-corrected chi connectivity index (χ0v) is 18.2. The van der Waals surface area contributed by atoms with Crippen LogP contribution in [0.25, 0.3) is 5.69 Å². The third-order valence-electron chi connectivity index (χ3n) is 6.39. The van der Waals surface area contributed by atoms with Gasteiger partial charge >= 0.3 is 0 Å². The van der Waals surface area contributed by atoms with Crippen LogP contribution in [0.2, 0.25) is 0 Å². The van der Waals surface area contributed by atoms with Gasteiger partial charge in [-0.3, -0.25) is 9.69 Å². The van der Waals surface area contributed by atoms with Gasteiger partial charge in [0.2, 0.25) is 11.9 Å². The molecule has 1 saturated carbocycles. The molecule has 3 heterocycles. The Kier molecular flexibility index (Phi) is 4.76. The number of aromatic nitrogens is 4. The van der Waals surface area contributed by atoms with Crippen LogP contribution in [0.5, 0.6) is 0 Å². The summed E-state index contributed by atoms with van der Waals surface area (Å²) >= 11 is 0. The van der Waals surface area contributed by atoms with Gasteiger partial charge in [-0.15, -0.1) is 0 Å². The van der Waals surface area contributed by atoms with E-state index < -0.39 is 0 Å². The highest BCUT2D eigenvalue weighted by Crippen LogP contribution is 2.47. The van der Waals surface area contributed by atoms with Crippen LogP contribution in [-0.2, 0) is 10.3 Å². The minimum Gasteiger partial charge on any atom is -0.343 e. The van der Waals surface area contributed by atoms with Gasteiger partial charge in [-0.25, -0.2) is 9.97 Å². The molecule has 1 aliphatic carbocycles. The molecule has 7 nitrogen and oxygen atoms in total. The third kappa shape index (κ3) is 3.69. The average molecular weight is 417 g/mol. The second kappa shape index (κ2) is 7.48. The number of amides is 1. The molecule has 31 heavy (non-hydrogen) atoms. The van der Waals surface area contributed by atoms with Gasteiger partial charge < -0.3 is 9.88 Å². The molecule has 2 fully saturated rings. The van der Waals surface area contributed by atoms with Crippen LogP contribution in [0.4, 0.5) is 11.8 Å². The van der Waals surface area contributed by atoms with E-state index >= 15 is 0 Å². The van der Waals surface area contributed by atoms with Gasteiger partial charge in [-0.1, -0.05) is 26.0 Å². The monoisotopic (exact) mass is 416 g/mol. The Balaban J connectivity index is 1.38. The van der Waals surface area contributed by atoms with Crippen molar-refractivity contribution in [3.8, 4) is 5.69 Å². The fourth-order valence-corrected chi connectivity index (χ4v) is 4.46. The van der Waals surface area contributed by atoms with Crippen LogP contribution in [0.1, 0.15) is 50.8 Å². The summed E-state index contributed by atoms with van der Waals surface area (Å²) in [5.41, 5.74) is 3.05. The predicted octanol–water partition coefficient (Wildman–Crippen LogP) is 4.22. The Morgan fingerprint density at radius 3 is 2.77 bits per heavy atom. The molecular formula is C24H28N6O. The van der Waals surface area contributed by atoms with E-state index in [1.807, 2.05) is 17.3 Å². The van der Waals surface area contributed by atoms with Gasteiger partial charge in [0.15, 0.2) is 0 Å². The molecule has 1 atom stereocenters. The fourth-order valence-electron chi connectivity index (χ4n) is 4.46. The van der Waals surface area contributed by atoms with Gasteiger partial charge in [0.05, 0.1) is 17.6 Å². The number of hydrogen-bond acceptors (Lipinski definition) is 5. The van der Waals surface area contributed by atoms with E-state index in [1.54, 1.807) is 6.20 Å². The van der Waals surface area contributed by atoms with Crippen molar-refractivity contribution >= 4 is 17.7 Å². The Bertz CT molecular complexity index is 1120. The third-order valence-corrected chi connectivity index (χ3v) is 6.39. The van der Waals surface area contributed by atoms with Crippen molar-refractivity contribution in [3.05, 3.63) is 60.3 Å². The lowest BCUT2D eigenvalue weighted by Gasteiger charge is -2.27. The van der Waals surface area contributed by atoms with Crippen molar-refractivity contribution < 1.29 is 4.79 Å². The van der Waals surface area contributed by atoms with Gasteiger partial charge in [0.25, 0.3) is 0 Å². The molecule has 160 valence electrons. The zero-order chi connectivity index (χ0) is 21.6. The maximum atomic E-state index is 12.5. The topological polar surface area (TPSA) is 75.9 Å². The molecule has 2 aliphatic rings. The summed E-state index contributed by atoms with van der Waals surface area (Å²) in [5.74, 6) is 1.75. The first-order valence-corrected chi connectivity index (χ1v) is 11.0. The number of carbonyl (C=O) groups excluding carboxylic acids is 1. The molecule has 1 aliphatic heterocycles. The Morgan fingerprint density at radius 1 is 1.19 bits per heavy atom. The average Bonchev–Trinajstić information content (AvgIpc) is 3.18. The SMILES string of the molecule is Cc1cccc(-n2cnc(C3(Nc4nccc(N5C(=O)CC[C@@H]5C(C)C)n4)CC3)c2)c1. The standard InChI is InChI=1S/C24H28N6O/c1-16(2)19-7-8-22(31)30(19)21-9-12-25-23(27-21)28-24(10-11-24)20-14-29(15-26-20)18-6-4-5-17(3)13-18/h4-6,9,12-16,19H,7-8,10-11H2,1-3H3,(H,25,27,28)/t19-/m1/s1. The molecule has 7 heteroatoms. The molecule has 2 aromatic heterocycles. The molecule has 1 aromatic carbocycles. The number of carbonyl (C=O) groups is 1. The van der Waals surface area contributed by atoms with Crippen LogP contribution < -0.4 is 10.2 Å². The van der Waals surface area contributed by atoms with Crippen molar-refractivity contribution in [2.24, 2.45) is 5.92 Å². The zero-order valence-electron chi connectivity index (χ0n) is 18.2. The highest BCUT2D eigenvalue weighted by Gasteiger charge is 2.47. The Morgan fingerprint density at radius 2 is 2.03 bits per heavy atom. The van der Waals surface area contributed by atoms with Crippen LogP contribution in [-0.4, -0.2) is 31.5 Å². The molecule has 1 N–H and O–H groups in total. The van der Waals surface area contributed by atoms with Gasteiger partial charge in [0.1, 0.15) is 5.82 Å². The lowest BCUT2D eigenvalue weighted by atomic mass is 10.0. The van der Waals surface area contributed by atoms with Crippen molar-refractivity contribution in [3.63, 3.8) is 0 Å². The van der Waals surface area contributed by atoms with E-state index in [0.29, 0.717) is 24.1 Å². The number of nitrogens with zero attached hydrogens (tertiary/aromatic N) is 5. The van der Waals surface area contributed by atoms with E-state index in [0.717, 1.165) is 30.6 Å². The van der Waals surface area contributed by atoms with E-state index in [9.17, 15) is 4.79 Å². The van der Waals surface area contributed by atoms with Crippen molar-refractivity contribution in [1.82, 2.24) is 19.5 Å². The number of imidazole rings is 1. The maximum absolute atomic E-state index is 12.5. The lowest BCUT2D eigenvalue weighted by Crippen LogP contribution is -2.37. The van der Waals surface area contributed by atoms with E-state index in [1.165, 1.54) is 5.56 Å². The quantitative estimate of drug-likeness (QED) is 0.651. The second-order valence-corrected chi connectivity index (χ2v) is 9.06. The first kappa shape index (κ1) is 19.7. The molecule has 1 saturated heterocycles. The van der Waals surface area contributed by atoms with Gasteiger partial charge in [0, 0.05) is 30.5 Å². The summed E-state index contributed by atoms with van der Waals surface area (Å²) in [7, 11) is 0. The van der Waals surface area contributed by atoms with Crippen molar-refractivity contribution in [2.75, 3.05) is 10.2 Å². The first-order chi connectivity index (χ1) is 14.9. The van der Waals surface area contributed by atoms with Crippen molar-refractivity contribution in [1.29, 1.82) is 0 Å². The largest absolute Gasteiger partial charge is 0.343 e. The first-order valence-electron chi connectivity index (χ1n) is 11.0. The molecule has 3 aromatic rings. The van der Waals surface area contributed by atoms with Crippen LogP contribution >= 0.6 is 0 Å². The maximum Gasteiger partial charge on any atom is 0.228 e. The highest BCUT2D eigenvalue weighted by molar-refractivity contribution is 5.95. The number of hydrogen-bond donors (Lipinski definition) is 1. The van der Waals surface area contributed by atoms with Crippen molar-refractivity contribution in [2.45, 2.75) is 58.0 Å². The van der Waals surface area contributed by atoms with Crippen LogP contribution in [0, 0.1) is 12.8 Å². The molecule has 0 bridgehead atoms. The smallest absolute Gasteiger partial charge is 0.228 e. The summed E-state index contributed by atoms with van der Waals surface area (Å²) < 4.78 is 2.05. The van der Waals surface area contributed by atoms with E-state index in [2.05, 4.69) is 71.1 Å². The lowest BCUT2D eigenvalue weighted by molar-refractivity contribution is -0.117. The highest BCUT2D eigenvalue weighted by atomic mass is 16.2. The van der Waals surface area contributed by atoms with E-state index in [4.69, 9.17) is 4.98 Å². The number of benzene rings is 1. The molecule has 1 amide bonds. The summed E-state index contributed by atoms with van der Waals surface area (Å²) in [6.07, 6.45) is 9.08. The summed E-state index contributed by atoms with van der Waals surface area (Å²) in [4.78, 5) is 28.2. The minimum absolute atomic E-state index is 0.140. The van der Waals surface area contributed by atoms with Crippen LogP contribution in [0.15, 0.2) is 49.1 Å². The van der Waals surface area contributed by atoms with E-state index in [-0.39, 0.29) is 17.5 Å². The minimum atomic E-state index is -0.250. The fraction of sp³-hybridized carbons (Fsp3) is 0.417. The number of rotatable bonds is 6. The molecular weight excluding hydrogens is 388 g/mol. The summed E-state index contributed by atoms with van der Waals surface area (Å²) in [6.45, 7) is 6.39. The molecule has 0 unspecified atom stereocenters. The number of anilines is 2. The number of nitrogens with one attached hydrogen (secondary N) is 1. The number of aryl methyl sites for hydroxylation is 1. The summed E-state index contributed by atoms with van der Waals surface area (Å²) in [5, 5.41) is 3.51. The Labute approximate surface area is 182 Å². The summed E-state index contributed by atoms with van der Waals surface area (Å²) in [6, 6.07) is 10.4. The second-order valence-electron chi connectivity index (χ2n) is 9.06. The molecule has 0 radical (unpaired) electrons. The van der Waals surface area contributed by atoms with Gasteiger partial charge in [-0.2, -0.15) is 4.98 Å². The predicted molar refractivity (Wildman–Crippen MR) is 120 cm³/mol.